The molecular formula is C22H43NO6. The fraction of sp³-hybridized carbons (Fsp3) is 0.955. The van der Waals surface area contributed by atoms with Gasteiger partial charge in [-0.15, -0.1) is 0 Å². The summed E-state index contributed by atoms with van der Waals surface area (Å²) < 4.78 is 11.3. The van der Waals surface area contributed by atoms with Gasteiger partial charge in [0, 0.05) is 13.5 Å². The van der Waals surface area contributed by atoms with E-state index in [1.54, 1.807) is 0 Å². The van der Waals surface area contributed by atoms with Gasteiger partial charge in [0.1, 0.15) is 24.4 Å². The number of aliphatic hydroxyl groups excluding tert-OH is 3. The highest BCUT2D eigenvalue weighted by atomic mass is 16.7. The molecule has 1 aliphatic rings. The zero-order valence-corrected chi connectivity index (χ0v) is 18.4. The van der Waals surface area contributed by atoms with Crippen LogP contribution in [0.3, 0.4) is 0 Å². The van der Waals surface area contributed by atoms with Crippen molar-refractivity contribution in [2.75, 3.05) is 13.2 Å². The number of ether oxygens (including phenoxy) is 2. The van der Waals surface area contributed by atoms with E-state index in [4.69, 9.17) is 9.47 Å². The van der Waals surface area contributed by atoms with Gasteiger partial charge in [-0.1, -0.05) is 77.6 Å². The van der Waals surface area contributed by atoms with Gasteiger partial charge in [-0.25, -0.2) is 0 Å². The first-order valence-corrected chi connectivity index (χ1v) is 11.5. The van der Waals surface area contributed by atoms with E-state index in [0.717, 1.165) is 12.8 Å². The largest absolute Gasteiger partial charge is 0.394 e. The predicted octanol–water partition coefficient (Wildman–Crippen LogP) is 2.65. The molecule has 1 saturated heterocycles. The van der Waals surface area contributed by atoms with Crippen molar-refractivity contribution in [3.63, 3.8) is 0 Å². The second-order valence-electron chi connectivity index (χ2n) is 8.19. The van der Waals surface area contributed by atoms with Gasteiger partial charge in [0.2, 0.25) is 5.91 Å². The molecule has 0 saturated carbocycles. The molecule has 29 heavy (non-hydrogen) atoms. The normalized spacial score (nSPS) is 27.1. The predicted molar refractivity (Wildman–Crippen MR) is 112 cm³/mol. The molecule has 172 valence electrons. The molecule has 0 spiro atoms. The van der Waals surface area contributed by atoms with Gasteiger partial charge >= 0.3 is 0 Å². The van der Waals surface area contributed by atoms with Gasteiger partial charge < -0.3 is 30.1 Å². The molecule has 7 heteroatoms. The third-order valence-electron chi connectivity index (χ3n) is 5.53. The van der Waals surface area contributed by atoms with E-state index in [1.807, 2.05) is 0 Å². The fourth-order valence-corrected chi connectivity index (χ4v) is 3.76. The number of rotatable bonds is 16. The highest BCUT2D eigenvalue weighted by Gasteiger charge is 2.45. The first-order chi connectivity index (χ1) is 14.0. The Hall–Kier alpha value is -0.730. The third-order valence-corrected chi connectivity index (χ3v) is 5.53. The molecule has 0 bridgehead atoms. The maximum atomic E-state index is 11.4. The first kappa shape index (κ1) is 26.3. The van der Waals surface area contributed by atoms with Gasteiger partial charge in [-0.3, -0.25) is 4.79 Å². The number of unbranched alkanes of at least 4 members (excludes halogenated alkanes) is 11. The van der Waals surface area contributed by atoms with Gasteiger partial charge in [-0.05, 0) is 6.42 Å². The van der Waals surface area contributed by atoms with Crippen LogP contribution in [0.2, 0.25) is 0 Å². The number of aliphatic hydroxyl groups is 3. The molecule has 0 radical (unpaired) electrons. The first-order valence-electron chi connectivity index (χ1n) is 11.5. The summed E-state index contributed by atoms with van der Waals surface area (Å²) >= 11 is 0. The Labute approximate surface area is 176 Å². The SMILES string of the molecule is CCCCCCCCCCCCCCO[C@@H]1O[C@H](CO)[C@@H](O)[C@H](O)[C@H]1NC(C)=O. The molecule has 1 fully saturated rings. The van der Waals surface area contributed by atoms with Crippen LogP contribution in [0, 0.1) is 0 Å². The van der Waals surface area contributed by atoms with Crippen LogP contribution in [-0.4, -0.2) is 65.1 Å². The maximum absolute atomic E-state index is 11.4. The van der Waals surface area contributed by atoms with Gasteiger partial charge in [0.25, 0.3) is 0 Å². The van der Waals surface area contributed by atoms with Crippen LogP contribution in [0.4, 0.5) is 0 Å². The van der Waals surface area contributed by atoms with E-state index < -0.39 is 37.3 Å². The molecule has 0 unspecified atom stereocenters. The van der Waals surface area contributed by atoms with Gasteiger partial charge in [-0.2, -0.15) is 0 Å². The molecule has 5 atom stereocenters. The summed E-state index contributed by atoms with van der Waals surface area (Å²) in [5.74, 6) is -0.341. The van der Waals surface area contributed by atoms with E-state index in [1.165, 1.54) is 71.1 Å². The minimum Gasteiger partial charge on any atom is -0.394 e. The van der Waals surface area contributed by atoms with Crippen molar-refractivity contribution in [3.05, 3.63) is 0 Å². The Balaban J connectivity index is 2.14. The average molecular weight is 418 g/mol. The number of hydrogen-bond donors (Lipinski definition) is 4. The second kappa shape index (κ2) is 16.0. The summed E-state index contributed by atoms with van der Waals surface area (Å²) in [6.07, 6.45) is 10.7. The van der Waals surface area contributed by atoms with Crippen LogP contribution in [-0.2, 0) is 14.3 Å². The number of carbonyl (C=O) groups excluding carboxylic acids is 1. The minimum absolute atomic E-state index is 0.341. The molecule has 1 heterocycles. The van der Waals surface area contributed by atoms with Gasteiger partial charge in [0.15, 0.2) is 6.29 Å². The number of carbonyl (C=O) groups is 1. The monoisotopic (exact) mass is 417 g/mol. The Bertz CT molecular complexity index is 422. The summed E-state index contributed by atoms with van der Waals surface area (Å²) in [6.45, 7) is 3.59. The molecule has 0 aromatic rings. The highest BCUT2D eigenvalue weighted by Crippen LogP contribution is 2.22. The van der Waals surface area contributed by atoms with Crippen molar-refractivity contribution in [1.29, 1.82) is 0 Å². The maximum Gasteiger partial charge on any atom is 0.217 e. The van der Waals surface area contributed by atoms with E-state index in [0.29, 0.717) is 6.61 Å². The van der Waals surface area contributed by atoms with Crippen molar-refractivity contribution >= 4 is 5.91 Å². The number of hydrogen-bond acceptors (Lipinski definition) is 6. The highest BCUT2D eigenvalue weighted by molar-refractivity contribution is 5.73. The average Bonchev–Trinajstić information content (AvgIpc) is 2.70. The van der Waals surface area contributed by atoms with E-state index in [9.17, 15) is 20.1 Å². The molecule has 1 rings (SSSR count). The quantitative estimate of drug-likeness (QED) is 0.288. The lowest BCUT2D eigenvalue weighted by Crippen LogP contribution is -2.64. The third kappa shape index (κ3) is 10.7. The molecule has 0 aliphatic carbocycles. The summed E-state index contributed by atoms with van der Waals surface area (Å²) in [5, 5.41) is 32.1. The van der Waals surface area contributed by atoms with Crippen molar-refractivity contribution in [1.82, 2.24) is 5.32 Å². The lowest BCUT2D eigenvalue weighted by Gasteiger charge is -2.42. The minimum atomic E-state index is -1.27. The van der Waals surface area contributed by atoms with Gasteiger partial charge in [0.05, 0.1) is 6.61 Å². The Morgan fingerprint density at radius 2 is 1.41 bits per heavy atom. The van der Waals surface area contributed by atoms with Crippen LogP contribution in [0.1, 0.15) is 90.9 Å². The zero-order valence-electron chi connectivity index (χ0n) is 18.4. The summed E-state index contributed by atoms with van der Waals surface area (Å²) in [6, 6.07) is -0.859. The van der Waals surface area contributed by atoms with Crippen molar-refractivity contribution < 1.29 is 29.6 Å². The van der Waals surface area contributed by atoms with Crippen LogP contribution in [0.25, 0.3) is 0 Å². The lowest BCUT2D eigenvalue weighted by molar-refractivity contribution is -0.270. The molecule has 0 aromatic heterocycles. The summed E-state index contributed by atoms with van der Waals surface area (Å²) in [5.41, 5.74) is 0. The van der Waals surface area contributed by atoms with Crippen LogP contribution < -0.4 is 5.32 Å². The second-order valence-corrected chi connectivity index (χ2v) is 8.19. The topological polar surface area (TPSA) is 108 Å². The summed E-state index contributed by atoms with van der Waals surface area (Å²) in [4.78, 5) is 11.4. The van der Waals surface area contributed by atoms with Crippen LogP contribution in [0.5, 0.6) is 0 Å². The molecular weight excluding hydrogens is 374 g/mol. The van der Waals surface area contributed by atoms with Crippen molar-refractivity contribution in [3.8, 4) is 0 Å². The Morgan fingerprint density at radius 1 is 0.897 bits per heavy atom. The molecule has 1 amide bonds. The molecule has 4 N–H and O–H groups in total. The molecule has 1 aliphatic heterocycles. The van der Waals surface area contributed by atoms with E-state index >= 15 is 0 Å². The fourth-order valence-electron chi connectivity index (χ4n) is 3.76. The van der Waals surface area contributed by atoms with Crippen LogP contribution >= 0.6 is 0 Å². The van der Waals surface area contributed by atoms with Crippen molar-refractivity contribution in [2.45, 2.75) is 122 Å². The standard InChI is InChI=1S/C22H43NO6/c1-3-4-5-6-7-8-9-10-11-12-13-14-15-28-22-19(23-17(2)25)21(27)20(26)18(16-24)29-22/h18-22,24,26-27H,3-16H2,1-2H3,(H,23,25)/t18-,19-,20-,21-,22-/m1/s1. The van der Waals surface area contributed by atoms with Crippen molar-refractivity contribution in [2.24, 2.45) is 0 Å². The molecule has 7 nitrogen and oxygen atoms in total. The summed E-state index contributed by atoms with van der Waals surface area (Å²) in [7, 11) is 0. The Morgan fingerprint density at radius 3 is 1.90 bits per heavy atom. The van der Waals surface area contributed by atoms with Crippen LogP contribution in [0.15, 0.2) is 0 Å². The number of amides is 1. The Kier molecular flexibility index (Phi) is 14.5. The molecule has 0 aromatic carbocycles. The smallest absolute Gasteiger partial charge is 0.217 e. The number of nitrogens with one attached hydrogen (secondary N) is 1. The zero-order chi connectivity index (χ0) is 21.5. The lowest BCUT2D eigenvalue weighted by atomic mass is 9.97. The van der Waals surface area contributed by atoms with E-state index in [-0.39, 0.29) is 5.91 Å². The van der Waals surface area contributed by atoms with E-state index in [2.05, 4.69) is 12.2 Å².